The minimum Gasteiger partial charge on any atom is -0.475 e. The third-order valence-electron chi connectivity index (χ3n) is 2.61. The van der Waals surface area contributed by atoms with E-state index in [4.69, 9.17) is 16.7 Å². The zero-order valence-corrected chi connectivity index (χ0v) is 12.0. The summed E-state index contributed by atoms with van der Waals surface area (Å²) in [6.45, 7) is 2.79. The van der Waals surface area contributed by atoms with Crippen molar-refractivity contribution in [2.24, 2.45) is 0 Å². The van der Waals surface area contributed by atoms with Crippen LogP contribution in [0.15, 0.2) is 42.8 Å². The molecule has 0 amide bonds. The van der Waals surface area contributed by atoms with Crippen molar-refractivity contribution in [1.82, 2.24) is 9.97 Å². The van der Waals surface area contributed by atoms with Crippen LogP contribution in [0.4, 0.5) is 13.2 Å². The lowest BCUT2D eigenvalue weighted by Gasteiger charge is -2.14. The highest BCUT2D eigenvalue weighted by Crippen LogP contribution is 2.33. The van der Waals surface area contributed by atoms with Gasteiger partial charge in [0.1, 0.15) is 5.69 Å². The zero-order valence-electron chi connectivity index (χ0n) is 11.3. The van der Waals surface area contributed by atoms with Gasteiger partial charge in [-0.3, -0.25) is 0 Å². The number of ether oxygens (including phenoxy) is 1. The lowest BCUT2D eigenvalue weighted by atomic mass is 10.1. The standard InChI is InChI=1S/C14H8ClF3N2O3/c1-7(14(16,17)18)23-10-6-19-12(13(21)22)20-11(10)8-2-4-9(15)5-3-8/h2-6H,1H2,(H,21,22). The summed E-state index contributed by atoms with van der Waals surface area (Å²) in [6.07, 6.45) is -3.93. The maximum absolute atomic E-state index is 12.6. The molecule has 0 aliphatic heterocycles. The smallest absolute Gasteiger partial charge is 0.448 e. The largest absolute Gasteiger partial charge is 0.475 e. The molecule has 0 saturated heterocycles. The molecule has 0 spiro atoms. The third-order valence-corrected chi connectivity index (χ3v) is 2.87. The molecule has 2 rings (SSSR count). The Kier molecular flexibility index (Phi) is 4.55. The number of hydrogen-bond donors (Lipinski definition) is 1. The number of aromatic nitrogens is 2. The molecule has 0 fully saturated rings. The van der Waals surface area contributed by atoms with Gasteiger partial charge in [0.05, 0.1) is 6.20 Å². The monoisotopic (exact) mass is 344 g/mol. The summed E-state index contributed by atoms with van der Waals surface area (Å²) >= 11 is 5.74. The number of alkyl halides is 3. The maximum Gasteiger partial charge on any atom is 0.448 e. The van der Waals surface area contributed by atoms with Gasteiger partial charge in [0, 0.05) is 10.6 Å². The molecule has 2 aromatic rings. The Labute approximate surface area is 133 Å². The topological polar surface area (TPSA) is 72.3 Å². The Morgan fingerprint density at radius 2 is 1.87 bits per heavy atom. The van der Waals surface area contributed by atoms with Crippen LogP contribution >= 0.6 is 11.6 Å². The molecule has 23 heavy (non-hydrogen) atoms. The van der Waals surface area contributed by atoms with Crippen LogP contribution in [0.3, 0.4) is 0 Å². The minimum atomic E-state index is -4.78. The summed E-state index contributed by atoms with van der Waals surface area (Å²) < 4.78 is 42.3. The molecule has 9 heteroatoms. The molecule has 0 aliphatic rings. The van der Waals surface area contributed by atoms with Gasteiger partial charge in [-0.1, -0.05) is 30.3 Å². The number of rotatable bonds is 4. The molecule has 120 valence electrons. The number of carboxylic acids is 1. The van der Waals surface area contributed by atoms with Crippen LogP contribution in [-0.4, -0.2) is 27.2 Å². The minimum absolute atomic E-state index is 0.125. The molecule has 0 saturated carbocycles. The number of nitrogens with zero attached hydrogens (tertiary/aromatic N) is 2. The molecule has 0 aliphatic carbocycles. The molecule has 0 atom stereocenters. The number of benzene rings is 1. The second-order valence-electron chi connectivity index (χ2n) is 4.24. The first kappa shape index (κ1) is 16.8. The van der Waals surface area contributed by atoms with Gasteiger partial charge in [-0.15, -0.1) is 0 Å². The lowest BCUT2D eigenvalue weighted by molar-refractivity contribution is -0.115. The van der Waals surface area contributed by atoms with E-state index in [1.807, 2.05) is 0 Å². The van der Waals surface area contributed by atoms with Crippen LogP contribution < -0.4 is 4.74 Å². The molecule has 5 nitrogen and oxygen atoms in total. The van der Waals surface area contributed by atoms with Crippen molar-refractivity contribution in [3.63, 3.8) is 0 Å². The highest BCUT2D eigenvalue weighted by atomic mass is 35.5. The molecule has 1 aromatic carbocycles. The van der Waals surface area contributed by atoms with Crippen LogP contribution in [0, 0.1) is 0 Å². The first-order chi connectivity index (χ1) is 10.7. The highest BCUT2D eigenvalue weighted by Gasteiger charge is 2.35. The first-order valence-corrected chi connectivity index (χ1v) is 6.36. The van der Waals surface area contributed by atoms with Crippen molar-refractivity contribution in [3.05, 3.63) is 53.6 Å². The fourth-order valence-electron chi connectivity index (χ4n) is 1.55. The molecule has 0 bridgehead atoms. The van der Waals surface area contributed by atoms with E-state index in [1.54, 1.807) is 0 Å². The number of halogens is 4. The second-order valence-corrected chi connectivity index (χ2v) is 4.68. The molecular weight excluding hydrogens is 337 g/mol. The van der Waals surface area contributed by atoms with Gasteiger partial charge in [0.2, 0.25) is 11.6 Å². The van der Waals surface area contributed by atoms with Gasteiger partial charge in [0.25, 0.3) is 0 Å². The van der Waals surface area contributed by atoms with Gasteiger partial charge < -0.3 is 9.84 Å². The van der Waals surface area contributed by atoms with Crippen molar-refractivity contribution in [2.45, 2.75) is 6.18 Å². The summed E-state index contributed by atoms with van der Waals surface area (Å²) in [5.74, 6) is -3.86. The van der Waals surface area contributed by atoms with Crippen molar-refractivity contribution in [3.8, 4) is 17.0 Å². The van der Waals surface area contributed by atoms with Gasteiger partial charge in [-0.25, -0.2) is 14.8 Å². The second kappa shape index (κ2) is 6.25. The quantitative estimate of drug-likeness (QED) is 0.850. The number of carbonyl (C=O) groups is 1. The summed E-state index contributed by atoms with van der Waals surface area (Å²) in [6, 6.07) is 5.86. The van der Waals surface area contributed by atoms with Crippen molar-refractivity contribution >= 4 is 17.6 Å². The van der Waals surface area contributed by atoms with E-state index in [9.17, 15) is 18.0 Å². The molecule has 0 radical (unpaired) electrons. The van der Waals surface area contributed by atoms with E-state index in [0.29, 0.717) is 10.6 Å². The van der Waals surface area contributed by atoms with Crippen molar-refractivity contribution < 1.29 is 27.8 Å². The van der Waals surface area contributed by atoms with Crippen LogP contribution in [0.1, 0.15) is 10.6 Å². The van der Waals surface area contributed by atoms with Crippen LogP contribution in [0.5, 0.6) is 5.75 Å². The summed E-state index contributed by atoms with van der Waals surface area (Å²) in [5.41, 5.74) is 0.184. The lowest BCUT2D eigenvalue weighted by Crippen LogP contribution is -2.17. The SMILES string of the molecule is C=C(Oc1cnc(C(=O)O)nc1-c1ccc(Cl)cc1)C(F)(F)F. The van der Waals surface area contributed by atoms with Gasteiger partial charge >= 0.3 is 12.1 Å². The number of allylic oxidation sites excluding steroid dienone is 1. The molecule has 1 N–H and O–H groups in total. The Bertz CT molecular complexity index is 761. The first-order valence-electron chi connectivity index (χ1n) is 5.98. The number of hydrogen-bond acceptors (Lipinski definition) is 4. The highest BCUT2D eigenvalue weighted by molar-refractivity contribution is 6.30. The summed E-state index contributed by atoms with van der Waals surface area (Å²) in [5, 5.41) is 9.31. The number of aromatic carboxylic acids is 1. The van der Waals surface area contributed by atoms with E-state index < -0.39 is 23.7 Å². The average molecular weight is 345 g/mol. The predicted molar refractivity (Wildman–Crippen MR) is 75.3 cm³/mol. The fourth-order valence-corrected chi connectivity index (χ4v) is 1.68. The Morgan fingerprint density at radius 1 is 1.26 bits per heavy atom. The normalized spacial score (nSPS) is 11.1. The van der Waals surface area contributed by atoms with Crippen LogP contribution in [0.2, 0.25) is 5.02 Å². The fraction of sp³-hybridized carbons (Fsp3) is 0.0714. The molecule has 1 heterocycles. The third kappa shape index (κ3) is 3.98. The number of carboxylic acid groups (broad SMARTS) is 1. The average Bonchev–Trinajstić information content (AvgIpc) is 2.47. The van der Waals surface area contributed by atoms with E-state index in [0.717, 1.165) is 6.20 Å². The molecular formula is C14H8ClF3N2O3. The van der Waals surface area contributed by atoms with Gasteiger partial charge in [-0.05, 0) is 12.1 Å². The van der Waals surface area contributed by atoms with Gasteiger partial charge in [0.15, 0.2) is 5.75 Å². The van der Waals surface area contributed by atoms with E-state index >= 15 is 0 Å². The van der Waals surface area contributed by atoms with E-state index in [2.05, 4.69) is 21.3 Å². The van der Waals surface area contributed by atoms with Crippen molar-refractivity contribution in [1.29, 1.82) is 0 Å². The summed E-state index contributed by atoms with van der Waals surface area (Å²) in [4.78, 5) is 18.1. The zero-order chi connectivity index (χ0) is 17.2. The predicted octanol–water partition coefficient (Wildman–Crippen LogP) is 3.95. The van der Waals surface area contributed by atoms with E-state index in [-0.39, 0.29) is 11.4 Å². The molecule has 0 unspecified atom stereocenters. The van der Waals surface area contributed by atoms with Crippen molar-refractivity contribution in [2.75, 3.05) is 0 Å². The van der Waals surface area contributed by atoms with Gasteiger partial charge in [-0.2, -0.15) is 13.2 Å². The Balaban J connectivity index is 2.51. The van der Waals surface area contributed by atoms with Crippen LogP contribution in [0.25, 0.3) is 11.3 Å². The molecule has 1 aromatic heterocycles. The summed E-state index contributed by atoms with van der Waals surface area (Å²) in [7, 11) is 0. The Hall–Kier alpha value is -2.61. The van der Waals surface area contributed by atoms with E-state index in [1.165, 1.54) is 24.3 Å². The van der Waals surface area contributed by atoms with Crippen LogP contribution in [-0.2, 0) is 0 Å². The Morgan fingerprint density at radius 3 is 2.39 bits per heavy atom. The maximum atomic E-state index is 12.6.